The van der Waals surface area contributed by atoms with Crippen LogP contribution in [0.4, 0.5) is 0 Å². The van der Waals surface area contributed by atoms with E-state index >= 15 is 0 Å². The molecule has 0 aromatic rings. The summed E-state index contributed by atoms with van der Waals surface area (Å²) in [5, 5.41) is 8.87. The molecule has 0 aliphatic rings. The van der Waals surface area contributed by atoms with Crippen molar-refractivity contribution >= 4 is 19.8 Å². The molecule has 0 spiro atoms. The maximum atomic E-state index is 12.6. The Labute approximate surface area is 309 Å². The molecule has 0 amide bonds. The van der Waals surface area contributed by atoms with Crippen LogP contribution < -0.4 is 5.73 Å². The van der Waals surface area contributed by atoms with Crippen molar-refractivity contribution in [2.75, 3.05) is 26.4 Å². The second kappa shape index (κ2) is 36.3. The first-order chi connectivity index (χ1) is 24.7. The van der Waals surface area contributed by atoms with E-state index in [0.717, 1.165) is 83.5 Å². The zero-order valence-corrected chi connectivity index (χ0v) is 32.8. The third-order valence-corrected chi connectivity index (χ3v) is 9.04. The Bertz CT molecular complexity index is 998. The van der Waals surface area contributed by atoms with Crippen LogP contribution in [0.2, 0.25) is 0 Å². The maximum absolute atomic E-state index is 12.6. The number of carbonyl (C=O) groups is 2. The number of hydrogen-bond donors (Lipinski definition) is 3. The van der Waals surface area contributed by atoms with E-state index in [-0.39, 0.29) is 13.0 Å². The van der Waals surface area contributed by atoms with Gasteiger partial charge in [0.05, 0.1) is 19.8 Å². The van der Waals surface area contributed by atoms with Crippen LogP contribution >= 0.6 is 7.82 Å². The first-order valence-corrected chi connectivity index (χ1v) is 21.2. The fraction of sp³-hybridized carbons (Fsp3) is 0.750. The minimum atomic E-state index is -4.62. The molecule has 3 unspecified atom stereocenters. The molecule has 0 bridgehead atoms. The average Bonchev–Trinajstić information content (AvgIpc) is 3.10. The molecule has 51 heavy (non-hydrogen) atoms. The Morgan fingerprint density at radius 1 is 0.647 bits per heavy atom. The van der Waals surface area contributed by atoms with Gasteiger partial charge in [0.25, 0.3) is 0 Å². The molecule has 0 aliphatic carbocycles. The number of rotatable bonds is 37. The second-order valence-electron chi connectivity index (χ2n) is 13.0. The third kappa shape index (κ3) is 36.1. The quantitative estimate of drug-likeness (QED) is 0.0242. The summed E-state index contributed by atoms with van der Waals surface area (Å²) in [6, 6.07) is -1.48. The molecule has 0 rings (SSSR count). The first-order valence-electron chi connectivity index (χ1n) is 19.7. The van der Waals surface area contributed by atoms with Gasteiger partial charge in [-0.25, -0.2) is 4.57 Å². The highest BCUT2D eigenvalue weighted by atomic mass is 31.2. The minimum absolute atomic E-state index is 0.00344. The topological polar surface area (TPSA) is 155 Å². The van der Waals surface area contributed by atoms with Crippen molar-refractivity contribution in [2.24, 2.45) is 5.73 Å². The monoisotopic (exact) mass is 741 g/mol. The second-order valence-corrected chi connectivity index (χ2v) is 14.5. The molecule has 3 atom stereocenters. The largest absolute Gasteiger partial charge is 0.480 e. The van der Waals surface area contributed by atoms with E-state index in [0.29, 0.717) is 13.0 Å². The lowest BCUT2D eigenvalue weighted by Gasteiger charge is -2.20. The Morgan fingerprint density at radius 2 is 1.14 bits per heavy atom. The molecule has 10 nitrogen and oxygen atoms in total. The van der Waals surface area contributed by atoms with Gasteiger partial charge in [-0.1, -0.05) is 127 Å². The van der Waals surface area contributed by atoms with E-state index in [2.05, 4.69) is 62.5 Å². The fourth-order valence-electron chi connectivity index (χ4n) is 5.02. The molecule has 0 fully saturated rings. The number of esters is 1. The highest BCUT2D eigenvalue weighted by Gasteiger charge is 2.27. The predicted molar refractivity (Wildman–Crippen MR) is 208 cm³/mol. The van der Waals surface area contributed by atoms with E-state index in [9.17, 15) is 19.0 Å². The van der Waals surface area contributed by atoms with E-state index < -0.39 is 45.1 Å². The van der Waals surface area contributed by atoms with Crippen LogP contribution in [0.1, 0.15) is 155 Å². The van der Waals surface area contributed by atoms with Gasteiger partial charge in [0, 0.05) is 13.0 Å². The van der Waals surface area contributed by atoms with Crippen LogP contribution in [0.5, 0.6) is 0 Å². The number of nitrogens with two attached hydrogens (primary N) is 1. The van der Waals surface area contributed by atoms with Crippen molar-refractivity contribution < 1.29 is 42.7 Å². The summed E-state index contributed by atoms with van der Waals surface area (Å²) in [7, 11) is -4.62. The van der Waals surface area contributed by atoms with Gasteiger partial charge < -0.3 is 25.2 Å². The Kier molecular flexibility index (Phi) is 34.8. The van der Waals surface area contributed by atoms with Crippen molar-refractivity contribution in [3.8, 4) is 0 Å². The van der Waals surface area contributed by atoms with Gasteiger partial charge in [0.15, 0.2) is 0 Å². The Balaban J connectivity index is 4.33. The number of carboxylic acid groups (broad SMARTS) is 1. The molecule has 296 valence electrons. The van der Waals surface area contributed by atoms with Crippen LogP contribution in [0.3, 0.4) is 0 Å². The van der Waals surface area contributed by atoms with Gasteiger partial charge >= 0.3 is 19.8 Å². The van der Waals surface area contributed by atoms with Crippen molar-refractivity contribution in [3.63, 3.8) is 0 Å². The van der Waals surface area contributed by atoms with E-state index in [4.69, 9.17) is 29.4 Å². The molecular formula is C40H72NO9P. The molecule has 0 radical (unpaired) electrons. The number of carbonyl (C=O) groups excluding carboxylic acids is 1. The maximum Gasteiger partial charge on any atom is 0.472 e. The highest BCUT2D eigenvalue weighted by Crippen LogP contribution is 2.43. The number of phosphoric ester groups is 1. The number of carboxylic acids is 1. The molecular weight excluding hydrogens is 669 g/mol. The van der Waals surface area contributed by atoms with Crippen LogP contribution in [-0.4, -0.2) is 60.5 Å². The molecule has 11 heteroatoms. The summed E-state index contributed by atoms with van der Waals surface area (Å²) in [5.41, 5.74) is 5.34. The number of phosphoric acid groups is 1. The summed E-state index contributed by atoms with van der Waals surface area (Å²) < 4.78 is 33.2. The van der Waals surface area contributed by atoms with Crippen LogP contribution in [0.15, 0.2) is 48.6 Å². The molecule has 0 aromatic carbocycles. The summed E-state index contributed by atoms with van der Waals surface area (Å²) in [6.45, 7) is 3.69. The molecule has 0 heterocycles. The number of aliphatic carboxylic acids is 1. The number of allylic oxidation sites excluding steroid dienone is 8. The first kappa shape index (κ1) is 48.9. The SMILES string of the molecule is CC/C=C\C/C=C\C/C=C\CCCCCCCCOCC(COP(=O)(O)OCC(N)C(=O)O)OC(=O)CCCCCCC/C=C\CCCCCC. The van der Waals surface area contributed by atoms with Crippen molar-refractivity contribution in [3.05, 3.63) is 48.6 Å². The predicted octanol–water partition coefficient (Wildman–Crippen LogP) is 10.3. The Hall–Kier alpha value is -2.07. The summed E-state index contributed by atoms with van der Waals surface area (Å²) in [5.74, 6) is -1.80. The zero-order valence-electron chi connectivity index (χ0n) is 31.9. The molecule has 0 aromatic heterocycles. The van der Waals surface area contributed by atoms with Crippen molar-refractivity contribution in [1.82, 2.24) is 0 Å². The van der Waals surface area contributed by atoms with Crippen molar-refractivity contribution in [1.29, 1.82) is 0 Å². The van der Waals surface area contributed by atoms with Crippen LogP contribution in [0.25, 0.3) is 0 Å². The van der Waals surface area contributed by atoms with Crippen molar-refractivity contribution in [2.45, 2.75) is 167 Å². The molecule has 0 saturated heterocycles. The fourth-order valence-corrected chi connectivity index (χ4v) is 5.80. The summed E-state index contributed by atoms with van der Waals surface area (Å²) >= 11 is 0. The van der Waals surface area contributed by atoms with Gasteiger partial charge in [0.1, 0.15) is 12.1 Å². The zero-order chi connectivity index (χ0) is 37.7. The number of ether oxygens (including phenoxy) is 2. The lowest BCUT2D eigenvalue weighted by atomic mass is 10.1. The minimum Gasteiger partial charge on any atom is -0.480 e. The van der Waals surface area contributed by atoms with E-state index in [1.54, 1.807) is 0 Å². The molecule has 4 N–H and O–H groups in total. The average molecular weight is 742 g/mol. The van der Waals surface area contributed by atoms with Crippen LogP contribution in [-0.2, 0) is 32.7 Å². The summed E-state index contributed by atoms with van der Waals surface area (Å²) in [6.07, 6.45) is 40.2. The number of unbranched alkanes of at least 4 members (excludes halogenated alkanes) is 15. The van der Waals surface area contributed by atoms with E-state index in [1.807, 2.05) is 0 Å². The Morgan fingerprint density at radius 3 is 1.73 bits per heavy atom. The normalized spacial score (nSPS) is 14.6. The third-order valence-electron chi connectivity index (χ3n) is 8.09. The molecule has 0 aliphatic heterocycles. The lowest BCUT2D eigenvalue weighted by molar-refractivity contribution is -0.154. The highest BCUT2D eigenvalue weighted by molar-refractivity contribution is 7.47. The molecule has 0 saturated carbocycles. The van der Waals surface area contributed by atoms with Gasteiger partial charge in [-0.2, -0.15) is 0 Å². The lowest BCUT2D eigenvalue weighted by Crippen LogP contribution is -2.34. The van der Waals surface area contributed by atoms with Gasteiger partial charge in [0.2, 0.25) is 0 Å². The van der Waals surface area contributed by atoms with Gasteiger partial charge in [-0.3, -0.25) is 18.6 Å². The standard InChI is InChI=1S/C40H72NO9P/c1-3-5-7-9-11-13-15-17-18-19-21-23-25-27-29-31-33-47-34-37(35-48-51(45,46)49-36-38(41)40(43)44)50-39(42)32-30-28-26-24-22-20-16-14-12-10-8-6-4-2/h5,7,11,13-14,16-18,37-38H,3-4,6,8-10,12,15,19-36,41H2,1-2H3,(H,43,44)(H,45,46)/b7-5-,13-11-,16-14-,18-17-. The van der Waals surface area contributed by atoms with Gasteiger partial charge in [-0.05, 0) is 70.6 Å². The van der Waals surface area contributed by atoms with E-state index in [1.165, 1.54) is 44.9 Å². The number of hydrogen-bond acceptors (Lipinski definition) is 8. The summed E-state index contributed by atoms with van der Waals surface area (Å²) in [4.78, 5) is 33.4. The van der Waals surface area contributed by atoms with Crippen LogP contribution in [0, 0.1) is 0 Å². The smallest absolute Gasteiger partial charge is 0.472 e. The van der Waals surface area contributed by atoms with Gasteiger partial charge in [-0.15, -0.1) is 0 Å².